The minimum absolute atomic E-state index is 0.114. The number of hydrogen-bond acceptors (Lipinski definition) is 1. The van der Waals surface area contributed by atoms with E-state index in [2.05, 4.69) is 0 Å². The molecule has 0 radical (unpaired) electrons. The van der Waals surface area contributed by atoms with E-state index in [0.717, 1.165) is 16.7 Å². The van der Waals surface area contributed by atoms with E-state index in [1.807, 2.05) is 45.9 Å². The van der Waals surface area contributed by atoms with E-state index in [0.29, 0.717) is 0 Å². The van der Waals surface area contributed by atoms with Gasteiger partial charge in [0.1, 0.15) is 0 Å². The smallest absolute Gasteiger partial charge is 0.311 e. The highest BCUT2D eigenvalue weighted by Crippen LogP contribution is 2.28. The molecule has 1 rings (SSSR count). The molecule has 0 bridgehead atoms. The van der Waals surface area contributed by atoms with Crippen molar-refractivity contribution in [1.82, 2.24) is 0 Å². The van der Waals surface area contributed by atoms with Crippen LogP contribution >= 0.6 is 0 Å². The van der Waals surface area contributed by atoms with E-state index in [4.69, 9.17) is 0 Å². The lowest BCUT2D eigenvalue weighted by atomic mass is 9.85. The lowest BCUT2D eigenvalue weighted by molar-refractivity contribution is -0.139. The zero-order valence-corrected chi connectivity index (χ0v) is 9.74. The predicted molar refractivity (Wildman–Crippen MR) is 61.1 cm³/mol. The molecule has 0 amide bonds. The zero-order chi connectivity index (χ0) is 11.6. The molecule has 1 aromatic carbocycles. The van der Waals surface area contributed by atoms with Crippen molar-refractivity contribution in [2.24, 2.45) is 5.92 Å². The summed E-state index contributed by atoms with van der Waals surface area (Å²) >= 11 is 0. The molecular formula is C13H18O2. The van der Waals surface area contributed by atoms with Crippen LogP contribution in [0.25, 0.3) is 0 Å². The Balaban J connectivity index is 3.22. The number of hydrogen-bond donors (Lipinski definition) is 1. The molecule has 1 N–H and O–H groups in total. The Kier molecular flexibility index (Phi) is 3.51. The van der Waals surface area contributed by atoms with Crippen LogP contribution in [-0.4, -0.2) is 11.1 Å². The molecule has 0 spiro atoms. The van der Waals surface area contributed by atoms with Crippen LogP contribution in [0.4, 0.5) is 0 Å². The molecule has 0 heterocycles. The summed E-state index contributed by atoms with van der Waals surface area (Å²) in [5, 5.41) is 9.21. The minimum Gasteiger partial charge on any atom is -0.481 e. The van der Waals surface area contributed by atoms with Gasteiger partial charge in [0.15, 0.2) is 0 Å². The summed E-state index contributed by atoms with van der Waals surface area (Å²) < 4.78 is 0. The quantitative estimate of drug-likeness (QED) is 0.825. The molecule has 0 aromatic heterocycles. The minimum atomic E-state index is -0.737. The van der Waals surface area contributed by atoms with Crippen molar-refractivity contribution < 1.29 is 9.90 Å². The van der Waals surface area contributed by atoms with Crippen LogP contribution in [0.2, 0.25) is 0 Å². The third-order valence-corrected chi connectivity index (χ3v) is 2.70. The Bertz CT molecular complexity index is 367. The summed E-state index contributed by atoms with van der Waals surface area (Å²) in [6.45, 7) is 7.84. The van der Waals surface area contributed by atoms with Crippen LogP contribution in [0.3, 0.4) is 0 Å². The molecule has 1 unspecified atom stereocenters. The van der Waals surface area contributed by atoms with Crippen molar-refractivity contribution in [1.29, 1.82) is 0 Å². The standard InChI is InChI=1S/C13H18O2/c1-8(2)12(13(14)15)11-7-9(3)5-6-10(11)4/h5-8,12H,1-4H3,(H,14,15). The highest BCUT2D eigenvalue weighted by atomic mass is 16.4. The number of rotatable bonds is 3. The van der Waals surface area contributed by atoms with Crippen LogP contribution < -0.4 is 0 Å². The largest absolute Gasteiger partial charge is 0.481 e. The van der Waals surface area contributed by atoms with Crippen LogP contribution in [-0.2, 0) is 4.79 Å². The van der Waals surface area contributed by atoms with Gasteiger partial charge in [-0.15, -0.1) is 0 Å². The Morgan fingerprint density at radius 2 is 1.87 bits per heavy atom. The maximum Gasteiger partial charge on any atom is 0.311 e. The zero-order valence-electron chi connectivity index (χ0n) is 9.74. The highest BCUT2D eigenvalue weighted by Gasteiger charge is 2.24. The molecule has 1 aromatic rings. The molecule has 0 aliphatic heterocycles. The van der Waals surface area contributed by atoms with E-state index in [1.165, 1.54) is 0 Å². The number of aryl methyl sites for hydroxylation is 2. The Hall–Kier alpha value is -1.31. The van der Waals surface area contributed by atoms with E-state index < -0.39 is 11.9 Å². The van der Waals surface area contributed by atoms with Gasteiger partial charge in [-0.3, -0.25) is 4.79 Å². The summed E-state index contributed by atoms with van der Waals surface area (Å²) in [6.07, 6.45) is 0. The van der Waals surface area contributed by atoms with Crippen molar-refractivity contribution in [3.8, 4) is 0 Å². The van der Waals surface area contributed by atoms with E-state index in [-0.39, 0.29) is 5.92 Å². The van der Waals surface area contributed by atoms with Crippen molar-refractivity contribution in [2.75, 3.05) is 0 Å². The van der Waals surface area contributed by atoms with Crippen molar-refractivity contribution in [3.05, 3.63) is 34.9 Å². The average Bonchev–Trinajstić information content (AvgIpc) is 2.10. The van der Waals surface area contributed by atoms with Crippen molar-refractivity contribution in [3.63, 3.8) is 0 Å². The fraction of sp³-hybridized carbons (Fsp3) is 0.462. The second-order valence-electron chi connectivity index (χ2n) is 4.42. The lowest BCUT2D eigenvalue weighted by Gasteiger charge is -2.19. The first-order chi connectivity index (χ1) is 6.93. The maximum atomic E-state index is 11.2. The third-order valence-electron chi connectivity index (χ3n) is 2.70. The molecule has 0 aliphatic carbocycles. The first-order valence-corrected chi connectivity index (χ1v) is 5.23. The summed E-state index contributed by atoms with van der Waals surface area (Å²) in [7, 11) is 0. The second kappa shape index (κ2) is 4.47. The number of carbonyl (C=O) groups is 1. The normalized spacial score (nSPS) is 12.9. The number of carboxylic acids is 1. The van der Waals surface area contributed by atoms with Crippen molar-refractivity contribution >= 4 is 5.97 Å². The Morgan fingerprint density at radius 1 is 1.27 bits per heavy atom. The molecule has 15 heavy (non-hydrogen) atoms. The van der Waals surface area contributed by atoms with Gasteiger partial charge < -0.3 is 5.11 Å². The van der Waals surface area contributed by atoms with Crippen LogP contribution in [0, 0.1) is 19.8 Å². The van der Waals surface area contributed by atoms with E-state index >= 15 is 0 Å². The monoisotopic (exact) mass is 206 g/mol. The second-order valence-corrected chi connectivity index (χ2v) is 4.42. The summed E-state index contributed by atoms with van der Waals surface area (Å²) in [5.74, 6) is -1.02. The van der Waals surface area contributed by atoms with Crippen LogP contribution in [0.15, 0.2) is 18.2 Å². The predicted octanol–water partition coefficient (Wildman–Crippen LogP) is 3.13. The topological polar surface area (TPSA) is 37.3 Å². The maximum absolute atomic E-state index is 11.2. The van der Waals surface area contributed by atoms with Gasteiger partial charge in [0, 0.05) is 0 Å². The molecule has 2 nitrogen and oxygen atoms in total. The van der Waals surface area contributed by atoms with E-state index in [9.17, 15) is 9.90 Å². The van der Waals surface area contributed by atoms with Crippen LogP contribution in [0.5, 0.6) is 0 Å². The fourth-order valence-corrected chi connectivity index (χ4v) is 1.87. The SMILES string of the molecule is Cc1ccc(C)c(C(C(=O)O)C(C)C)c1. The van der Waals surface area contributed by atoms with Gasteiger partial charge in [-0.2, -0.15) is 0 Å². The third kappa shape index (κ3) is 2.58. The molecule has 0 aliphatic rings. The molecule has 0 saturated carbocycles. The van der Waals surface area contributed by atoms with Gasteiger partial charge in [0.2, 0.25) is 0 Å². The van der Waals surface area contributed by atoms with Gasteiger partial charge in [-0.05, 0) is 30.9 Å². The van der Waals surface area contributed by atoms with Gasteiger partial charge in [0.05, 0.1) is 5.92 Å². The number of aliphatic carboxylic acids is 1. The molecule has 0 saturated heterocycles. The van der Waals surface area contributed by atoms with Gasteiger partial charge in [0.25, 0.3) is 0 Å². The Morgan fingerprint density at radius 3 is 2.33 bits per heavy atom. The van der Waals surface area contributed by atoms with Crippen molar-refractivity contribution in [2.45, 2.75) is 33.6 Å². The first kappa shape index (κ1) is 11.8. The van der Waals surface area contributed by atoms with Gasteiger partial charge in [-0.1, -0.05) is 37.6 Å². The molecular weight excluding hydrogens is 188 g/mol. The lowest BCUT2D eigenvalue weighted by Crippen LogP contribution is -2.18. The molecule has 2 heteroatoms. The molecule has 82 valence electrons. The van der Waals surface area contributed by atoms with Gasteiger partial charge >= 0.3 is 5.97 Å². The number of benzene rings is 1. The van der Waals surface area contributed by atoms with Crippen LogP contribution in [0.1, 0.15) is 36.5 Å². The summed E-state index contributed by atoms with van der Waals surface area (Å²) in [5.41, 5.74) is 3.11. The number of carboxylic acid groups (broad SMARTS) is 1. The van der Waals surface area contributed by atoms with Gasteiger partial charge in [-0.25, -0.2) is 0 Å². The molecule has 1 atom stereocenters. The summed E-state index contributed by atoms with van der Waals surface area (Å²) in [6, 6.07) is 5.98. The highest BCUT2D eigenvalue weighted by molar-refractivity contribution is 5.77. The molecule has 0 fully saturated rings. The average molecular weight is 206 g/mol. The summed E-state index contributed by atoms with van der Waals surface area (Å²) in [4.78, 5) is 11.2. The fourth-order valence-electron chi connectivity index (χ4n) is 1.87. The Labute approximate surface area is 90.9 Å². The first-order valence-electron chi connectivity index (χ1n) is 5.23. The van der Waals surface area contributed by atoms with E-state index in [1.54, 1.807) is 0 Å².